The number of nitrogens with zero attached hydrogens (tertiary/aromatic N) is 1. The standard InChI is InChI=1S/C13H22FNO4/c1-13(2,3)19-12(18)15-6-4-9(5-7-15)8-10(14)11(16)17/h9-10H,4-8H2,1-3H3,(H,16,17). The van der Waals surface area contributed by atoms with Crippen LogP contribution >= 0.6 is 0 Å². The van der Waals surface area contributed by atoms with Crippen LogP contribution in [0.25, 0.3) is 0 Å². The molecular formula is C13H22FNO4. The highest BCUT2D eigenvalue weighted by Gasteiger charge is 2.29. The molecule has 19 heavy (non-hydrogen) atoms. The van der Waals surface area contributed by atoms with Gasteiger partial charge >= 0.3 is 12.1 Å². The molecule has 0 aliphatic carbocycles. The first-order valence-electron chi connectivity index (χ1n) is 6.54. The van der Waals surface area contributed by atoms with Crippen molar-refractivity contribution in [2.75, 3.05) is 13.1 Å². The maximum absolute atomic E-state index is 13.1. The zero-order valence-corrected chi connectivity index (χ0v) is 11.7. The van der Waals surface area contributed by atoms with Crippen LogP contribution in [0, 0.1) is 5.92 Å². The van der Waals surface area contributed by atoms with Gasteiger partial charge in [0.1, 0.15) is 5.60 Å². The predicted octanol–water partition coefficient (Wildman–Crippen LogP) is 2.45. The van der Waals surface area contributed by atoms with Crippen LogP contribution in [0.5, 0.6) is 0 Å². The number of carboxylic acid groups (broad SMARTS) is 1. The van der Waals surface area contributed by atoms with Crippen molar-refractivity contribution in [3.63, 3.8) is 0 Å². The fourth-order valence-corrected chi connectivity index (χ4v) is 2.07. The fraction of sp³-hybridized carbons (Fsp3) is 0.846. The summed E-state index contributed by atoms with van der Waals surface area (Å²) in [6.45, 7) is 6.40. The van der Waals surface area contributed by atoms with E-state index in [0.717, 1.165) is 0 Å². The Bertz CT molecular complexity index is 332. The largest absolute Gasteiger partial charge is 0.479 e. The summed E-state index contributed by atoms with van der Waals surface area (Å²) in [5, 5.41) is 8.52. The van der Waals surface area contributed by atoms with Crippen LogP contribution in [0.15, 0.2) is 0 Å². The number of carboxylic acids is 1. The number of aliphatic carboxylic acids is 1. The van der Waals surface area contributed by atoms with E-state index in [0.29, 0.717) is 25.9 Å². The molecule has 1 N–H and O–H groups in total. The smallest absolute Gasteiger partial charge is 0.410 e. The molecule has 0 radical (unpaired) electrons. The summed E-state index contributed by atoms with van der Waals surface area (Å²) >= 11 is 0. The van der Waals surface area contributed by atoms with E-state index in [-0.39, 0.29) is 18.4 Å². The Morgan fingerprint density at radius 2 is 1.89 bits per heavy atom. The predicted molar refractivity (Wildman–Crippen MR) is 67.7 cm³/mol. The fourth-order valence-electron chi connectivity index (χ4n) is 2.07. The Labute approximate surface area is 112 Å². The SMILES string of the molecule is CC(C)(C)OC(=O)N1CCC(CC(F)C(=O)O)CC1. The molecule has 0 spiro atoms. The lowest BCUT2D eigenvalue weighted by atomic mass is 9.92. The Morgan fingerprint density at radius 3 is 2.32 bits per heavy atom. The third kappa shape index (κ3) is 5.44. The summed E-state index contributed by atoms with van der Waals surface area (Å²) in [5.41, 5.74) is -0.527. The number of alkyl halides is 1. The van der Waals surface area contributed by atoms with E-state index in [1.54, 1.807) is 25.7 Å². The molecule has 5 nitrogen and oxygen atoms in total. The minimum atomic E-state index is -1.81. The van der Waals surface area contributed by atoms with Crippen molar-refractivity contribution in [2.24, 2.45) is 5.92 Å². The first-order valence-corrected chi connectivity index (χ1v) is 6.54. The second kappa shape index (κ2) is 6.21. The minimum absolute atomic E-state index is 0.0183. The minimum Gasteiger partial charge on any atom is -0.479 e. The van der Waals surface area contributed by atoms with Gasteiger partial charge in [-0.05, 0) is 46.0 Å². The highest BCUT2D eigenvalue weighted by molar-refractivity contribution is 5.72. The maximum Gasteiger partial charge on any atom is 0.410 e. The summed E-state index contributed by atoms with van der Waals surface area (Å²) < 4.78 is 18.3. The molecule has 1 rings (SSSR count). The number of hydrogen-bond donors (Lipinski definition) is 1. The van der Waals surface area contributed by atoms with E-state index in [1.165, 1.54) is 0 Å². The van der Waals surface area contributed by atoms with Gasteiger partial charge in [-0.25, -0.2) is 14.0 Å². The lowest BCUT2D eigenvalue weighted by Gasteiger charge is -2.33. The van der Waals surface area contributed by atoms with Gasteiger partial charge in [-0.1, -0.05) is 0 Å². The Morgan fingerprint density at radius 1 is 1.37 bits per heavy atom. The van der Waals surface area contributed by atoms with Crippen molar-refractivity contribution in [3.05, 3.63) is 0 Å². The topological polar surface area (TPSA) is 66.8 Å². The normalized spacial score (nSPS) is 19.1. The van der Waals surface area contributed by atoms with Gasteiger partial charge in [-0.3, -0.25) is 0 Å². The van der Waals surface area contributed by atoms with Crippen molar-refractivity contribution < 1.29 is 23.8 Å². The summed E-state index contributed by atoms with van der Waals surface area (Å²) in [5.74, 6) is -1.39. The van der Waals surface area contributed by atoms with Gasteiger partial charge in [0, 0.05) is 13.1 Å². The number of likely N-dealkylation sites (tertiary alicyclic amines) is 1. The molecule has 1 saturated heterocycles. The number of carbonyl (C=O) groups excluding carboxylic acids is 1. The van der Waals surface area contributed by atoms with Gasteiger partial charge in [-0.2, -0.15) is 0 Å². The molecule has 1 aliphatic rings. The van der Waals surface area contributed by atoms with Crippen molar-refractivity contribution in [2.45, 2.75) is 51.8 Å². The lowest BCUT2D eigenvalue weighted by Crippen LogP contribution is -2.42. The Kier molecular flexibility index (Phi) is 5.14. The van der Waals surface area contributed by atoms with Crippen LogP contribution < -0.4 is 0 Å². The molecule has 0 aromatic carbocycles. The van der Waals surface area contributed by atoms with E-state index < -0.39 is 17.7 Å². The van der Waals surface area contributed by atoms with E-state index in [1.807, 2.05) is 0 Å². The summed E-state index contributed by atoms with van der Waals surface area (Å²) in [6.07, 6.45) is -0.906. The second-order valence-electron chi connectivity index (χ2n) is 5.95. The highest BCUT2D eigenvalue weighted by Crippen LogP contribution is 2.24. The number of piperidine rings is 1. The number of ether oxygens (including phenoxy) is 1. The van der Waals surface area contributed by atoms with Gasteiger partial charge in [0.25, 0.3) is 0 Å². The van der Waals surface area contributed by atoms with Crippen LogP contribution in [0.4, 0.5) is 9.18 Å². The molecule has 0 aromatic heterocycles. The summed E-state index contributed by atoms with van der Waals surface area (Å²) in [7, 11) is 0. The zero-order chi connectivity index (χ0) is 14.6. The van der Waals surface area contributed by atoms with Gasteiger partial charge < -0.3 is 14.7 Å². The van der Waals surface area contributed by atoms with Crippen LogP contribution in [-0.4, -0.2) is 46.9 Å². The molecule has 1 aliphatic heterocycles. The number of carbonyl (C=O) groups is 2. The molecule has 0 bridgehead atoms. The van der Waals surface area contributed by atoms with Gasteiger partial charge in [0.05, 0.1) is 0 Å². The van der Waals surface area contributed by atoms with Gasteiger partial charge in [-0.15, -0.1) is 0 Å². The van der Waals surface area contributed by atoms with Crippen molar-refractivity contribution >= 4 is 12.1 Å². The van der Waals surface area contributed by atoms with Crippen molar-refractivity contribution in [3.8, 4) is 0 Å². The molecule has 0 aromatic rings. The quantitative estimate of drug-likeness (QED) is 0.859. The van der Waals surface area contributed by atoms with Crippen molar-refractivity contribution in [1.29, 1.82) is 0 Å². The average Bonchev–Trinajstić information content (AvgIpc) is 2.27. The van der Waals surface area contributed by atoms with Gasteiger partial charge in [0.15, 0.2) is 6.17 Å². The van der Waals surface area contributed by atoms with E-state index >= 15 is 0 Å². The molecular weight excluding hydrogens is 253 g/mol. The lowest BCUT2D eigenvalue weighted by molar-refractivity contribution is -0.143. The van der Waals surface area contributed by atoms with E-state index in [9.17, 15) is 14.0 Å². The molecule has 110 valence electrons. The monoisotopic (exact) mass is 275 g/mol. The molecule has 1 heterocycles. The molecule has 1 unspecified atom stereocenters. The van der Waals surface area contributed by atoms with Crippen molar-refractivity contribution in [1.82, 2.24) is 4.90 Å². The molecule has 1 fully saturated rings. The first kappa shape index (κ1) is 15.7. The van der Waals surface area contributed by atoms with Crippen LogP contribution in [0.2, 0.25) is 0 Å². The third-order valence-corrected chi connectivity index (χ3v) is 3.07. The number of hydrogen-bond acceptors (Lipinski definition) is 3. The van der Waals surface area contributed by atoms with Crippen LogP contribution in [0.3, 0.4) is 0 Å². The Hall–Kier alpha value is -1.33. The number of rotatable bonds is 3. The van der Waals surface area contributed by atoms with Crippen LogP contribution in [0.1, 0.15) is 40.0 Å². The molecule has 6 heteroatoms. The van der Waals surface area contributed by atoms with Crippen LogP contribution in [-0.2, 0) is 9.53 Å². The molecule has 1 atom stereocenters. The number of halogens is 1. The second-order valence-corrected chi connectivity index (χ2v) is 5.95. The van der Waals surface area contributed by atoms with Gasteiger partial charge in [0.2, 0.25) is 0 Å². The highest BCUT2D eigenvalue weighted by atomic mass is 19.1. The summed E-state index contributed by atoms with van der Waals surface area (Å²) in [4.78, 5) is 23.8. The van der Waals surface area contributed by atoms with E-state index in [2.05, 4.69) is 0 Å². The zero-order valence-electron chi connectivity index (χ0n) is 11.7. The molecule has 0 saturated carbocycles. The third-order valence-electron chi connectivity index (χ3n) is 3.07. The first-order chi connectivity index (χ1) is 8.69. The average molecular weight is 275 g/mol. The maximum atomic E-state index is 13.1. The van der Waals surface area contributed by atoms with E-state index in [4.69, 9.17) is 9.84 Å². The Balaban J connectivity index is 2.36. The molecule has 1 amide bonds. The number of amides is 1. The summed E-state index contributed by atoms with van der Waals surface area (Å²) in [6, 6.07) is 0.